The first-order chi connectivity index (χ1) is 12.2. The Morgan fingerprint density at radius 2 is 1.92 bits per heavy atom. The topological polar surface area (TPSA) is 76.0 Å². The molecule has 0 unspecified atom stereocenters. The van der Waals surface area contributed by atoms with Crippen LogP contribution in [-0.2, 0) is 16.0 Å². The van der Waals surface area contributed by atoms with E-state index in [1.54, 1.807) is 6.20 Å². The number of hydrogen-bond acceptors (Lipinski definition) is 3. The molecule has 132 valence electrons. The summed E-state index contributed by atoms with van der Waals surface area (Å²) in [5, 5.41) is 9.99. The van der Waals surface area contributed by atoms with Crippen LogP contribution in [0.1, 0.15) is 31.2 Å². The molecule has 2 N–H and O–H groups in total. The number of rotatable bonds is 9. The molecule has 0 saturated heterocycles. The van der Waals surface area contributed by atoms with Gasteiger partial charge in [0.1, 0.15) is 0 Å². The van der Waals surface area contributed by atoms with Gasteiger partial charge in [0.2, 0.25) is 11.8 Å². The summed E-state index contributed by atoms with van der Waals surface area (Å²) in [6.07, 6.45) is 7.60. The molecule has 0 aliphatic heterocycles. The van der Waals surface area contributed by atoms with E-state index >= 15 is 0 Å². The number of benzene rings is 1. The third-order valence-corrected chi connectivity index (χ3v) is 4.27. The number of amides is 2. The smallest absolute Gasteiger partial charge is 0.223 e. The number of carbonyl (C=O) groups is 2. The molecule has 2 aromatic rings. The van der Waals surface area contributed by atoms with Crippen molar-refractivity contribution in [3.63, 3.8) is 0 Å². The molecule has 1 aromatic heterocycles. The molecule has 1 aromatic carbocycles. The van der Waals surface area contributed by atoms with Gasteiger partial charge in [-0.1, -0.05) is 12.1 Å². The molecule has 0 atom stereocenters. The fourth-order valence-electron chi connectivity index (χ4n) is 2.62. The standard InChI is InChI=1S/C19H24N4O2/c24-18(3-1-11-21-19(25)16-6-7-16)20-13-10-15-4-8-17(9-5-15)23-14-2-12-22-23/h2,4-5,8-9,12,14,16H,1,3,6-7,10-11,13H2,(H,20,24)(H,21,25). The molecule has 1 aliphatic rings. The normalized spacial score (nSPS) is 13.4. The fraction of sp³-hybridized carbons (Fsp3) is 0.421. The Balaban J connectivity index is 1.29. The zero-order valence-electron chi connectivity index (χ0n) is 14.3. The van der Waals surface area contributed by atoms with Crippen molar-refractivity contribution >= 4 is 11.8 Å². The average molecular weight is 340 g/mol. The van der Waals surface area contributed by atoms with Crippen molar-refractivity contribution in [2.75, 3.05) is 13.1 Å². The number of hydrogen-bond donors (Lipinski definition) is 2. The first-order valence-corrected chi connectivity index (χ1v) is 8.86. The lowest BCUT2D eigenvalue weighted by Gasteiger charge is -2.07. The zero-order valence-corrected chi connectivity index (χ0v) is 14.3. The second-order valence-corrected chi connectivity index (χ2v) is 6.39. The lowest BCUT2D eigenvalue weighted by molar-refractivity contribution is -0.123. The summed E-state index contributed by atoms with van der Waals surface area (Å²) < 4.78 is 1.81. The molecule has 1 saturated carbocycles. The monoisotopic (exact) mass is 340 g/mol. The molecule has 25 heavy (non-hydrogen) atoms. The van der Waals surface area contributed by atoms with Gasteiger partial charge in [-0.3, -0.25) is 9.59 Å². The van der Waals surface area contributed by atoms with Gasteiger partial charge in [0.15, 0.2) is 0 Å². The van der Waals surface area contributed by atoms with Crippen molar-refractivity contribution in [2.24, 2.45) is 5.92 Å². The van der Waals surface area contributed by atoms with Gasteiger partial charge >= 0.3 is 0 Å². The van der Waals surface area contributed by atoms with Crippen molar-refractivity contribution in [2.45, 2.75) is 32.1 Å². The van der Waals surface area contributed by atoms with Crippen LogP contribution in [0.4, 0.5) is 0 Å². The maximum atomic E-state index is 11.8. The molecule has 0 radical (unpaired) electrons. The molecule has 1 aliphatic carbocycles. The third-order valence-electron chi connectivity index (χ3n) is 4.27. The van der Waals surface area contributed by atoms with Crippen molar-refractivity contribution in [1.29, 1.82) is 0 Å². The van der Waals surface area contributed by atoms with E-state index in [0.717, 1.165) is 24.9 Å². The summed E-state index contributed by atoms with van der Waals surface area (Å²) >= 11 is 0. The minimum absolute atomic E-state index is 0.0360. The Labute approximate surface area is 147 Å². The van der Waals surface area contributed by atoms with E-state index in [4.69, 9.17) is 0 Å². The van der Waals surface area contributed by atoms with Gasteiger partial charge in [0.05, 0.1) is 5.69 Å². The van der Waals surface area contributed by atoms with Crippen LogP contribution in [0.15, 0.2) is 42.7 Å². The van der Waals surface area contributed by atoms with Crippen molar-refractivity contribution in [3.05, 3.63) is 48.3 Å². The van der Waals surface area contributed by atoms with Crippen LogP contribution in [0.2, 0.25) is 0 Å². The Morgan fingerprint density at radius 1 is 1.12 bits per heavy atom. The molecule has 6 heteroatoms. The fourth-order valence-corrected chi connectivity index (χ4v) is 2.62. The van der Waals surface area contributed by atoms with Crippen LogP contribution < -0.4 is 10.6 Å². The molecule has 2 amide bonds. The second-order valence-electron chi connectivity index (χ2n) is 6.39. The summed E-state index contributed by atoms with van der Waals surface area (Å²) in [5.74, 6) is 0.404. The highest BCUT2D eigenvalue weighted by molar-refractivity contribution is 5.81. The van der Waals surface area contributed by atoms with Crippen molar-refractivity contribution < 1.29 is 9.59 Å². The van der Waals surface area contributed by atoms with Gasteiger partial charge in [-0.25, -0.2) is 4.68 Å². The lowest BCUT2D eigenvalue weighted by Crippen LogP contribution is -2.29. The Morgan fingerprint density at radius 3 is 2.60 bits per heavy atom. The third kappa shape index (κ3) is 5.45. The van der Waals surface area contributed by atoms with Gasteiger partial charge in [-0.05, 0) is 49.4 Å². The number of nitrogens with one attached hydrogen (secondary N) is 2. The Hall–Kier alpha value is -2.63. The minimum Gasteiger partial charge on any atom is -0.356 e. The quantitative estimate of drug-likeness (QED) is 0.684. The van der Waals surface area contributed by atoms with E-state index in [-0.39, 0.29) is 17.7 Å². The maximum absolute atomic E-state index is 11.8. The van der Waals surface area contributed by atoms with Crippen LogP contribution in [0, 0.1) is 5.92 Å². The van der Waals surface area contributed by atoms with E-state index in [0.29, 0.717) is 25.9 Å². The van der Waals surface area contributed by atoms with Gasteiger partial charge in [-0.15, -0.1) is 0 Å². The van der Waals surface area contributed by atoms with Gasteiger partial charge in [-0.2, -0.15) is 5.10 Å². The summed E-state index contributed by atoms with van der Waals surface area (Å²) in [7, 11) is 0. The van der Waals surface area contributed by atoms with Gasteiger partial charge in [0, 0.05) is 37.8 Å². The SMILES string of the molecule is O=C(CCCNC(=O)C1CC1)NCCc1ccc(-n2cccn2)cc1. The van der Waals surface area contributed by atoms with Crippen LogP contribution in [0.5, 0.6) is 0 Å². The molecule has 1 fully saturated rings. The summed E-state index contributed by atoms with van der Waals surface area (Å²) in [5.41, 5.74) is 2.19. The second kappa shape index (κ2) is 8.46. The lowest BCUT2D eigenvalue weighted by atomic mass is 10.1. The highest BCUT2D eigenvalue weighted by Crippen LogP contribution is 2.28. The predicted octanol–water partition coefficient (Wildman–Crippen LogP) is 1.84. The average Bonchev–Trinajstić information content (AvgIpc) is 3.34. The molecular formula is C19H24N4O2. The molecule has 6 nitrogen and oxygen atoms in total. The first kappa shape index (κ1) is 17.2. The van der Waals surface area contributed by atoms with E-state index < -0.39 is 0 Å². The molecule has 0 bridgehead atoms. The first-order valence-electron chi connectivity index (χ1n) is 8.86. The van der Waals surface area contributed by atoms with E-state index in [1.165, 1.54) is 5.56 Å². The number of aromatic nitrogens is 2. The highest BCUT2D eigenvalue weighted by Gasteiger charge is 2.28. The Kier molecular flexibility index (Phi) is 5.82. The van der Waals surface area contributed by atoms with Crippen LogP contribution in [0.25, 0.3) is 5.69 Å². The van der Waals surface area contributed by atoms with Crippen LogP contribution in [0.3, 0.4) is 0 Å². The minimum atomic E-state index is 0.0360. The van der Waals surface area contributed by atoms with Crippen LogP contribution >= 0.6 is 0 Å². The Bertz CT molecular complexity index is 691. The summed E-state index contributed by atoms with van der Waals surface area (Å²) in [6.45, 7) is 1.20. The highest BCUT2D eigenvalue weighted by atomic mass is 16.2. The molecule has 1 heterocycles. The van der Waals surface area contributed by atoms with E-state index in [1.807, 2.05) is 29.1 Å². The molecule has 0 spiro atoms. The summed E-state index contributed by atoms with van der Waals surface area (Å²) in [6, 6.07) is 10.0. The maximum Gasteiger partial charge on any atom is 0.223 e. The summed E-state index contributed by atoms with van der Waals surface area (Å²) in [4.78, 5) is 23.3. The van der Waals surface area contributed by atoms with Crippen LogP contribution in [-0.4, -0.2) is 34.7 Å². The molecular weight excluding hydrogens is 316 g/mol. The van der Waals surface area contributed by atoms with Gasteiger partial charge < -0.3 is 10.6 Å². The van der Waals surface area contributed by atoms with Gasteiger partial charge in [0.25, 0.3) is 0 Å². The predicted molar refractivity (Wildman–Crippen MR) is 95.2 cm³/mol. The zero-order chi connectivity index (χ0) is 17.5. The number of carbonyl (C=O) groups excluding carboxylic acids is 2. The number of nitrogens with zero attached hydrogens (tertiary/aromatic N) is 2. The van der Waals surface area contributed by atoms with Crippen molar-refractivity contribution in [3.8, 4) is 5.69 Å². The van der Waals surface area contributed by atoms with Crippen molar-refractivity contribution in [1.82, 2.24) is 20.4 Å². The largest absolute Gasteiger partial charge is 0.356 e. The van der Waals surface area contributed by atoms with E-state index in [2.05, 4.69) is 27.9 Å². The molecule has 3 rings (SSSR count). The van der Waals surface area contributed by atoms with E-state index in [9.17, 15) is 9.59 Å².